The maximum Gasteiger partial charge on any atom is 0.306 e. The van der Waals surface area contributed by atoms with Gasteiger partial charge in [0.2, 0.25) is 0 Å². The third kappa shape index (κ3) is 3.78. The summed E-state index contributed by atoms with van der Waals surface area (Å²) in [5.74, 6) is 0.460. The van der Waals surface area contributed by atoms with E-state index in [0.717, 1.165) is 31.6 Å². The molecular weight excluding hydrogens is 202 g/mol. The van der Waals surface area contributed by atoms with Crippen LogP contribution < -0.4 is 5.73 Å². The fourth-order valence-corrected chi connectivity index (χ4v) is 2.90. The summed E-state index contributed by atoms with van der Waals surface area (Å²) in [7, 11) is 0. The van der Waals surface area contributed by atoms with E-state index in [1.807, 2.05) is 0 Å². The van der Waals surface area contributed by atoms with Crippen LogP contribution in [0.5, 0.6) is 0 Å². The molecular formula is C13H25NO2. The summed E-state index contributed by atoms with van der Waals surface area (Å²) < 4.78 is 0. The van der Waals surface area contributed by atoms with Gasteiger partial charge in [0.1, 0.15) is 0 Å². The molecule has 16 heavy (non-hydrogen) atoms. The van der Waals surface area contributed by atoms with E-state index in [9.17, 15) is 9.90 Å². The Hall–Kier alpha value is -0.570. The Morgan fingerprint density at radius 1 is 1.38 bits per heavy atom. The summed E-state index contributed by atoms with van der Waals surface area (Å²) >= 11 is 0. The zero-order valence-corrected chi connectivity index (χ0v) is 10.3. The predicted octanol–water partition coefficient (Wildman–Crippen LogP) is 2.64. The standard InChI is InChI=1S/C13H25NO2/c1-2-10-5-7-11(8-6-10)12(13(15)16)4-3-9-14/h10-12H,2-9,14H2,1H3,(H,15,16). The van der Waals surface area contributed by atoms with Crippen molar-refractivity contribution in [3.8, 4) is 0 Å². The molecule has 1 unspecified atom stereocenters. The first-order chi connectivity index (χ1) is 7.69. The van der Waals surface area contributed by atoms with E-state index >= 15 is 0 Å². The van der Waals surface area contributed by atoms with Gasteiger partial charge in [-0.25, -0.2) is 0 Å². The lowest BCUT2D eigenvalue weighted by atomic mass is 9.74. The molecule has 0 radical (unpaired) electrons. The summed E-state index contributed by atoms with van der Waals surface area (Å²) in [6, 6.07) is 0. The molecule has 94 valence electrons. The third-order valence-electron chi connectivity index (χ3n) is 4.07. The van der Waals surface area contributed by atoms with Gasteiger partial charge >= 0.3 is 5.97 Å². The molecule has 0 aliphatic heterocycles. The second-order valence-electron chi connectivity index (χ2n) is 5.06. The fraction of sp³-hybridized carbons (Fsp3) is 0.923. The molecule has 0 aromatic carbocycles. The average Bonchev–Trinajstić information content (AvgIpc) is 2.30. The quantitative estimate of drug-likeness (QED) is 0.733. The van der Waals surface area contributed by atoms with Crippen LogP contribution in [0, 0.1) is 17.8 Å². The minimum Gasteiger partial charge on any atom is -0.481 e. The molecule has 0 bridgehead atoms. The number of carboxylic acid groups (broad SMARTS) is 1. The zero-order valence-electron chi connectivity index (χ0n) is 10.3. The van der Waals surface area contributed by atoms with Crippen LogP contribution in [-0.4, -0.2) is 17.6 Å². The number of aliphatic carboxylic acids is 1. The monoisotopic (exact) mass is 227 g/mol. The van der Waals surface area contributed by atoms with E-state index in [1.165, 1.54) is 19.3 Å². The van der Waals surface area contributed by atoms with Crippen LogP contribution in [0.25, 0.3) is 0 Å². The van der Waals surface area contributed by atoms with Crippen LogP contribution in [0.1, 0.15) is 51.9 Å². The highest BCUT2D eigenvalue weighted by Gasteiger charge is 2.30. The van der Waals surface area contributed by atoms with E-state index in [2.05, 4.69) is 6.92 Å². The Labute approximate surface area is 98.4 Å². The maximum absolute atomic E-state index is 11.2. The van der Waals surface area contributed by atoms with E-state index in [0.29, 0.717) is 12.5 Å². The summed E-state index contributed by atoms with van der Waals surface area (Å²) in [6.45, 7) is 2.84. The second-order valence-corrected chi connectivity index (χ2v) is 5.06. The minimum absolute atomic E-state index is 0.152. The SMILES string of the molecule is CCC1CCC(C(CCCN)C(=O)O)CC1. The number of hydrogen-bond donors (Lipinski definition) is 2. The van der Waals surface area contributed by atoms with E-state index in [4.69, 9.17) is 5.73 Å². The molecule has 1 atom stereocenters. The van der Waals surface area contributed by atoms with Gasteiger partial charge in [-0.2, -0.15) is 0 Å². The molecule has 1 aliphatic carbocycles. The van der Waals surface area contributed by atoms with Gasteiger partial charge < -0.3 is 10.8 Å². The van der Waals surface area contributed by atoms with Crippen molar-refractivity contribution in [3.63, 3.8) is 0 Å². The minimum atomic E-state index is -0.617. The van der Waals surface area contributed by atoms with Gasteiger partial charge in [-0.15, -0.1) is 0 Å². The fourth-order valence-electron chi connectivity index (χ4n) is 2.90. The topological polar surface area (TPSA) is 63.3 Å². The Morgan fingerprint density at radius 3 is 2.44 bits per heavy atom. The van der Waals surface area contributed by atoms with Crippen molar-refractivity contribution in [2.24, 2.45) is 23.5 Å². The van der Waals surface area contributed by atoms with Crippen LogP contribution in [-0.2, 0) is 4.79 Å². The van der Waals surface area contributed by atoms with Gasteiger partial charge in [0.05, 0.1) is 5.92 Å². The van der Waals surface area contributed by atoms with Crippen molar-refractivity contribution in [2.75, 3.05) is 6.54 Å². The molecule has 0 saturated heterocycles. The third-order valence-corrected chi connectivity index (χ3v) is 4.07. The molecule has 3 heteroatoms. The molecule has 0 amide bonds. The molecule has 3 N–H and O–H groups in total. The van der Waals surface area contributed by atoms with Crippen molar-refractivity contribution in [1.82, 2.24) is 0 Å². The molecule has 1 aliphatic rings. The number of carboxylic acids is 1. The van der Waals surface area contributed by atoms with Gasteiger partial charge in [0.15, 0.2) is 0 Å². The van der Waals surface area contributed by atoms with Gasteiger partial charge in [-0.3, -0.25) is 4.79 Å². The Kier molecular flexibility index (Phi) is 5.81. The summed E-state index contributed by atoms with van der Waals surface area (Å²) in [6.07, 6.45) is 7.46. The molecule has 1 rings (SSSR count). The first-order valence-electron chi connectivity index (χ1n) is 6.61. The number of hydrogen-bond acceptors (Lipinski definition) is 2. The van der Waals surface area contributed by atoms with Crippen LogP contribution >= 0.6 is 0 Å². The van der Waals surface area contributed by atoms with Crippen molar-refractivity contribution >= 4 is 5.97 Å². The number of carbonyl (C=O) groups is 1. The summed E-state index contributed by atoms with van der Waals surface area (Å²) in [5.41, 5.74) is 5.46. The van der Waals surface area contributed by atoms with E-state index in [-0.39, 0.29) is 5.92 Å². The first-order valence-corrected chi connectivity index (χ1v) is 6.61. The smallest absolute Gasteiger partial charge is 0.306 e. The zero-order chi connectivity index (χ0) is 12.0. The van der Waals surface area contributed by atoms with Crippen LogP contribution in [0.4, 0.5) is 0 Å². The lowest BCUT2D eigenvalue weighted by Gasteiger charge is -2.31. The largest absolute Gasteiger partial charge is 0.481 e. The normalized spacial score (nSPS) is 27.6. The average molecular weight is 227 g/mol. The Morgan fingerprint density at radius 2 is 2.00 bits per heavy atom. The first kappa shape index (κ1) is 13.5. The van der Waals surface area contributed by atoms with Gasteiger partial charge in [-0.05, 0) is 44.1 Å². The maximum atomic E-state index is 11.2. The van der Waals surface area contributed by atoms with Crippen LogP contribution in [0.15, 0.2) is 0 Å². The molecule has 3 nitrogen and oxygen atoms in total. The highest BCUT2D eigenvalue weighted by Crippen LogP contribution is 2.36. The van der Waals surface area contributed by atoms with Crippen molar-refractivity contribution in [2.45, 2.75) is 51.9 Å². The van der Waals surface area contributed by atoms with Gasteiger partial charge in [0.25, 0.3) is 0 Å². The molecule has 0 heterocycles. The Bertz CT molecular complexity index is 210. The van der Waals surface area contributed by atoms with Crippen molar-refractivity contribution in [1.29, 1.82) is 0 Å². The van der Waals surface area contributed by atoms with Gasteiger partial charge in [0, 0.05) is 0 Å². The van der Waals surface area contributed by atoms with Crippen LogP contribution in [0.3, 0.4) is 0 Å². The second kappa shape index (κ2) is 6.89. The van der Waals surface area contributed by atoms with Gasteiger partial charge in [-0.1, -0.05) is 26.2 Å². The highest BCUT2D eigenvalue weighted by atomic mass is 16.4. The lowest BCUT2D eigenvalue weighted by Crippen LogP contribution is -2.28. The molecule has 1 fully saturated rings. The molecule has 1 saturated carbocycles. The van der Waals surface area contributed by atoms with E-state index < -0.39 is 5.97 Å². The van der Waals surface area contributed by atoms with E-state index in [1.54, 1.807) is 0 Å². The molecule has 0 spiro atoms. The summed E-state index contributed by atoms with van der Waals surface area (Å²) in [5, 5.41) is 9.23. The van der Waals surface area contributed by atoms with Crippen molar-refractivity contribution < 1.29 is 9.90 Å². The molecule has 0 aromatic heterocycles. The van der Waals surface area contributed by atoms with Crippen LogP contribution in [0.2, 0.25) is 0 Å². The van der Waals surface area contributed by atoms with Crippen molar-refractivity contribution in [3.05, 3.63) is 0 Å². The lowest BCUT2D eigenvalue weighted by molar-refractivity contribution is -0.144. The predicted molar refractivity (Wildman–Crippen MR) is 65.2 cm³/mol. The number of rotatable bonds is 6. The number of nitrogens with two attached hydrogens (primary N) is 1. The Balaban J connectivity index is 2.43. The highest BCUT2D eigenvalue weighted by molar-refractivity contribution is 5.70. The molecule has 0 aromatic rings. The summed E-state index contributed by atoms with van der Waals surface area (Å²) in [4.78, 5) is 11.2.